The lowest BCUT2D eigenvalue weighted by molar-refractivity contribution is -0.0925. The smallest absolute Gasteiger partial charge is 0.395 e. The highest BCUT2D eigenvalue weighted by Gasteiger charge is 2.34. The summed E-state index contributed by atoms with van der Waals surface area (Å²) in [7, 11) is 0. The van der Waals surface area contributed by atoms with Crippen molar-refractivity contribution in [2.45, 2.75) is 19.0 Å². The van der Waals surface area contributed by atoms with Gasteiger partial charge in [0.25, 0.3) is 5.91 Å². The van der Waals surface area contributed by atoms with Crippen molar-refractivity contribution in [1.82, 2.24) is 0 Å². The van der Waals surface area contributed by atoms with E-state index in [0.29, 0.717) is 5.69 Å². The highest BCUT2D eigenvalue weighted by molar-refractivity contribution is 6.04. The molecule has 152 valence electrons. The molecule has 1 aliphatic carbocycles. The molecule has 1 saturated carbocycles. The number of hydrogen-bond acceptors (Lipinski definition) is 3. The van der Waals surface area contributed by atoms with Crippen molar-refractivity contribution in [3.8, 4) is 0 Å². The molecule has 1 fully saturated rings. The van der Waals surface area contributed by atoms with Crippen LogP contribution in [0.15, 0.2) is 59.2 Å². The third-order valence-corrected chi connectivity index (χ3v) is 4.21. The molecular formula is C20H16F5N3O. The minimum Gasteiger partial charge on any atom is -0.395 e. The lowest BCUT2D eigenvalue weighted by Crippen LogP contribution is -2.21. The van der Waals surface area contributed by atoms with Crippen molar-refractivity contribution in [3.63, 3.8) is 0 Å². The molecule has 4 nitrogen and oxygen atoms in total. The quantitative estimate of drug-likeness (QED) is 0.533. The molecule has 0 heterocycles. The number of rotatable bonds is 5. The molecule has 0 atom stereocenters. The third-order valence-electron chi connectivity index (χ3n) is 4.21. The van der Waals surface area contributed by atoms with Gasteiger partial charge in [-0.1, -0.05) is 6.07 Å². The van der Waals surface area contributed by atoms with Gasteiger partial charge in [-0.25, -0.2) is 8.78 Å². The van der Waals surface area contributed by atoms with Crippen LogP contribution in [0.2, 0.25) is 0 Å². The maximum absolute atomic E-state index is 13.7. The number of aliphatic imine (C=N–C) groups is 1. The first-order chi connectivity index (χ1) is 13.6. The lowest BCUT2D eigenvalue weighted by Gasteiger charge is -2.08. The van der Waals surface area contributed by atoms with Gasteiger partial charge in [0.05, 0.1) is 11.3 Å². The zero-order valence-electron chi connectivity index (χ0n) is 14.9. The highest BCUT2D eigenvalue weighted by atomic mass is 19.4. The second-order valence-electron chi connectivity index (χ2n) is 6.51. The van der Waals surface area contributed by atoms with E-state index < -0.39 is 35.0 Å². The van der Waals surface area contributed by atoms with Gasteiger partial charge in [-0.3, -0.25) is 9.79 Å². The van der Waals surface area contributed by atoms with Gasteiger partial charge in [-0.05, 0) is 55.3 Å². The van der Waals surface area contributed by atoms with Crippen LogP contribution >= 0.6 is 0 Å². The third kappa shape index (κ3) is 5.18. The van der Waals surface area contributed by atoms with Crippen LogP contribution in [0.4, 0.5) is 33.3 Å². The van der Waals surface area contributed by atoms with E-state index in [4.69, 9.17) is 5.73 Å². The number of allylic oxidation sites excluding steroid dienone is 2. The van der Waals surface area contributed by atoms with Gasteiger partial charge in [0.15, 0.2) is 11.6 Å². The van der Waals surface area contributed by atoms with E-state index in [1.165, 1.54) is 30.3 Å². The molecule has 1 amide bonds. The van der Waals surface area contributed by atoms with Gasteiger partial charge < -0.3 is 11.1 Å². The summed E-state index contributed by atoms with van der Waals surface area (Å²) in [6.07, 6.45) is -2.34. The number of nitrogens with zero attached hydrogens (tertiary/aromatic N) is 1. The van der Waals surface area contributed by atoms with E-state index >= 15 is 0 Å². The Balaban J connectivity index is 1.76. The Morgan fingerprint density at radius 2 is 1.76 bits per heavy atom. The lowest BCUT2D eigenvalue weighted by atomic mass is 10.1. The number of hydrogen-bond donors (Lipinski definition) is 2. The van der Waals surface area contributed by atoms with Crippen LogP contribution < -0.4 is 11.1 Å². The van der Waals surface area contributed by atoms with Gasteiger partial charge in [0.2, 0.25) is 0 Å². The summed E-state index contributed by atoms with van der Waals surface area (Å²) >= 11 is 0. The Morgan fingerprint density at radius 1 is 1.10 bits per heavy atom. The van der Waals surface area contributed by atoms with Gasteiger partial charge in [-0.2, -0.15) is 13.2 Å². The molecule has 0 bridgehead atoms. The Kier molecular flexibility index (Phi) is 5.67. The number of carbonyl (C=O) groups excluding carboxylic acids is 1. The Hall–Kier alpha value is -3.23. The van der Waals surface area contributed by atoms with Gasteiger partial charge >= 0.3 is 6.18 Å². The summed E-state index contributed by atoms with van der Waals surface area (Å²) in [4.78, 5) is 16.3. The number of nitrogens with two attached hydrogens (primary N) is 1. The van der Waals surface area contributed by atoms with Crippen molar-refractivity contribution in [2.24, 2.45) is 16.6 Å². The molecule has 3 N–H and O–H groups in total. The highest BCUT2D eigenvalue weighted by Crippen LogP contribution is 2.34. The second kappa shape index (κ2) is 8.02. The van der Waals surface area contributed by atoms with E-state index in [9.17, 15) is 26.7 Å². The van der Waals surface area contributed by atoms with Crippen LogP contribution in [0.3, 0.4) is 0 Å². The fourth-order valence-corrected chi connectivity index (χ4v) is 2.51. The largest absolute Gasteiger partial charge is 0.430 e. The Morgan fingerprint density at radius 3 is 2.34 bits per heavy atom. The molecule has 3 rings (SSSR count). The predicted molar refractivity (Wildman–Crippen MR) is 98.9 cm³/mol. The van der Waals surface area contributed by atoms with Crippen LogP contribution in [0.5, 0.6) is 0 Å². The summed E-state index contributed by atoms with van der Waals surface area (Å²) in [5.41, 5.74) is 4.30. The molecule has 0 unspecified atom stereocenters. The number of benzene rings is 2. The first kappa shape index (κ1) is 20.5. The van der Waals surface area contributed by atoms with E-state index in [1.54, 1.807) is 0 Å². The zero-order valence-corrected chi connectivity index (χ0v) is 14.9. The number of carbonyl (C=O) groups is 1. The van der Waals surface area contributed by atoms with Crippen molar-refractivity contribution >= 4 is 23.0 Å². The van der Waals surface area contributed by atoms with Gasteiger partial charge in [-0.15, -0.1) is 0 Å². The van der Waals surface area contributed by atoms with Gasteiger partial charge in [0.1, 0.15) is 5.70 Å². The molecule has 0 aromatic heterocycles. The van der Waals surface area contributed by atoms with E-state index in [2.05, 4.69) is 10.3 Å². The molecule has 0 aliphatic heterocycles. The first-order valence-corrected chi connectivity index (χ1v) is 8.63. The van der Waals surface area contributed by atoms with Crippen LogP contribution in [-0.4, -0.2) is 17.8 Å². The summed E-state index contributed by atoms with van der Waals surface area (Å²) < 4.78 is 64.9. The van der Waals surface area contributed by atoms with Crippen molar-refractivity contribution < 1.29 is 26.7 Å². The SMILES string of the molecule is NC(=CC(=Nc1ccc(NC(=O)c2cccc(F)c2F)cc1)C1CC1)C(F)(F)F. The minimum absolute atomic E-state index is 0.0776. The van der Waals surface area contributed by atoms with E-state index in [1.807, 2.05) is 0 Å². The zero-order chi connectivity index (χ0) is 21.2. The number of halogens is 5. The van der Waals surface area contributed by atoms with Crippen LogP contribution in [-0.2, 0) is 0 Å². The number of alkyl halides is 3. The summed E-state index contributed by atoms with van der Waals surface area (Å²) in [5.74, 6) is -3.31. The Labute approximate surface area is 162 Å². The Bertz CT molecular complexity index is 977. The molecule has 0 spiro atoms. The standard InChI is InChI=1S/C20H16F5N3O/c21-15-3-1-2-14(18(15)22)19(29)28-13-8-6-12(7-9-13)27-16(11-4-5-11)10-17(26)20(23,24)25/h1-3,6-11H,4-5,26H2,(H,28,29). The molecule has 1 aliphatic rings. The molecule has 2 aromatic carbocycles. The molecule has 2 aromatic rings. The topological polar surface area (TPSA) is 67.5 Å². The molecule has 29 heavy (non-hydrogen) atoms. The minimum atomic E-state index is -4.63. The van der Waals surface area contributed by atoms with E-state index in [0.717, 1.165) is 31.1 Å². The second-order valence-corrected chi connectivity index (χ2v) is 6.51. The summed E-state index contributed by atoms with van der Waals surface area (Å²) in [5, 5.41) is 2.42. The van der Waals surface area contributed by atoms with Gasteiger partial charge in [0, 0.05) is 17.3 Å². The average molecular weight is 409 g/mol. The molecule has 0 saturated heterocycles. The molecule has 9 heteroatoms. The van der Waals surface area contributed by atoms with Crippen molar-refractivity contribution in [1.29, 1.82) is 0 Å². The molecule has 0 radical (unpaired) electrons. The number of nitrogens with one attached hydrogen (secondary N) is 1. The fourth-order valence-electron chi connectivity index (χ4n) is 2.51. The number of anilines is 1. The summed E-state index contributed by atoms with van der Waals surface area (Å²) in [6, 6.07) is 9.13. The van der Waals surface area contributed by atoms with E-state index in [-0.39, 0.29) is 17.3 Å². The average Bonchev–Trinajstić information content (AvgIpc) is 3.49. The monoisotopic (exact) mass is 409 g/mol. The van der Waals surface area contributed by atoms with Crippen molar-refractivity contribution in [2.75, 3.05) is 5.32 Å². The predicted octanol–water partition coefficient (Wildman–Crippen LogP) is 5.10. The normalized spacial score (nSPS) is 15.3. The summed E-state index contributed by atoms with van der Waals surface area (Å²) in [6.45, 7) is 0. The fraction of sp³-hybridized carbons (Fsp3) is 0.200. The van der Waals surface area contributed by atoms with Crippen molar-refractivity contribution in [3.05, 3.63) is 71.4 Å². The van der Waals surface area contributed by atoms with Crippen LogP contribution in [0.1, 0.15) is 23.2 Å². The van der Waals surface area contributed by atoms with Crippen LogP contribution in [0.25, 0.3) is 0 Å². The maximum atomic E-state index is 13.7. The number of amides is 1. The first-order valence-electron chi connectivity index (χ1n) is 8.63. The van der Waals surface area contributed by atoms with Crippen LogP contribution in [0, 0.1) is 17.6 Å². The molecular weight excluding hydrogens is 393 g/mol. The maximum Gasteiger partial charge on any atom is 0.430 e.